The number of hydrogen-bond donors (Lipinski definition) is 1. The SMILES string of the molecule is CN(C)C(=O)CNc1ccccc1S(=O)(=O)c1ccccc1. The normalized spacial score (nSPS) is 11.0. The van der Waals surface area contributed by atoms with Gasteiger partial charge >= 0.3 is 0 Å². The van der Waals surface area contributed by atoms with Crippen LogP contribution in [-0.4, -0.2) is 39.9 Å². The highest BCUT2D eigenvalue weighted by Gasteiger charge is 2.21. The van der Waals surface area contributed by atoms with Gasteiger partial charge in [-0.15, -0.1) is 0 Å². The molecule has 1 N–H and O–H groups in total. The van der Waals surface area contributed by atoms with Crippen LogP contribution in [0, 0.1) is 0 Å². The lowest BCUT2D eigenvalue weighted by Crippen LogP contribution is -2.29. The van der Waals surface area contributed by atoms with E-state index in [1.807, 2.05) is 0 Å². The first-order valence-electron chi connectivity index (χ1n) is 6.76. The summed E-state index contributed by atoms with van der Waals surface area (Å²) in [5.41, 5.74) is 0.418. The van der Waals surface area contributed by atoms with Gasteiger partial charge in [-0.1, -0.05) is 30.3 Å². The summed E-state index contributed by atoms with van der Waals surface area (Å²) in [6, 6.07) is 14.8. The number of benzene rings is 2. The molecule has 0 bridgehead atoms. The van der Waals surface area contributed by atoms with E-state index in [2.05, 4.69) is 5.32 Å². The van der Waals surface area contributed by atoms with E-state index in [9.17, 15) is 13.2 Å². The highest BCUT2D eigenvalue weighted by atomic mass is 32.2. The second-order valence-electron chi connectivity index (χ2n) is 4.95. The Hall–Kier alpha value is -2.34. The van der Waals surface area contributed by atoms with Gasteiger partial charge in [-0.05, 0) is 24.3 Å². The molecule has 116 valence electrons. The molecular formula is C16H18N2O3S. The Morgan fingerprint density at radius 3 is 2.23 bits per heavy atom. The molecule has 22 heavy (non-hydrogen) atoms. The van der Waals surface area contributed by atoms with Crippen molar-refractivity contribution < 1.29 is 13.2 Å². The fourth-order valence-corrected chi connectivity index (χ4v) is 3.36. The molecule has 6 heteroatoms. The van der Waals surface area contributed by atoms with E-state index in [0.29, 0.717) is 5.69 Å². The van der Waals surface area contributed by atoms with Gasteiger partial charge in [0.05, 0.1) is 22.0 Å². The average molecular weight is 318 g/mol. The van der Waals surface area contributed by atoms with Gasteiger partial charge in [0.15, 0.2) is 0 Å². The summed E-state index contributed by atoms with van der Waals surface area (Å²) in [5.74, 6) is -0.132. The lowest BCUT2D eigenvalue weighted by atomic mass is 10.3. The molecule has 0 fully saturated rings. The van der Waals surface area contributed by atoms with Crippen LogP contribution in [0.1, 0.15) is 0 Å². The molecule has 0 aliphatic heterocycles. The third kappa shape index (κ3) is 3.46. The summed E-state index contributed by atoms with van der Waals surface area (Å²) < 4.78 is 25.4. The molecule has 0 aliphatic carbocycles. The van der Waals surface area contributed by atoms with Crippen molar-refractivity contribution in [1.29, 1.82) is 0 Å². The van der Waals surface area contributed by atoms with Crippen LogP contribution in [0.25, 0.3) is 0 Å². The molecule has 0 spiro atoms. The first-order valence-corrected chi connectivity index (χ1v) is 8.24. The molecule has 2 rings (SSSR count). The van der Waals surface area contributed by atoms with Crippen molar-refractivity contribution in [1.82, 2.24) is 4.90 Å². The van der Waals surface area contributed by atoms with Gasteiger partial charge in [-0.2, -0.15) is 0 Å². The van der Waals surface area contributed by atoms with Gasteiger partial charge in [0, 0.05) is 14.1 Å². The molecule has 0 saturated heterocycles. The number of carbonyl (C=O) groups is 1. The van der Waals surface area contributed by atoms with Crippen LogP contribution in [-0.2, 0) is 14.6 Å². The Morgan fingerprint density at radius 1 is 1.00 bits per heavy atom. The zero-order valence-electron chi connectivity index (χ0n) is 12.5. The number of hydrogen-bond acceptors (Lipinski definition) is 4. The van der Waals surface area contributed by atoms with Crippen molar-refractivity contribution in [2.75, 3.05) is 26.0 Å². The van der Waals surface area contributed by atoms with E-state index in [-0.39, 0.29) is 22.2 Å². The van der Waals surface area contributed by atoms with E-state index in [0.717, 1.165) is 0 Å². The van der Waals surface area contributed by atoms with E-state index in [4.69, 9.17) is 0 Å². The van der Waals surface area contributed by atoms with Crippen LogP contribution in [0.5, 0.6) is 0 Å². The summed E-state index contributed by atoms with van der Waals surface area (Å²) in [7, 11) is -0.326. The molecule has 0 atom stereocenters. The monoisotopic (exact) mass is 318 g/mol. The number of nitrogens with zero attached hydrogens (tertiary/aromatic N) is 1. The maximum Gasteiger partial charge on any atom is 0.241 e. The molecule has 0 unspecified atom stereocenters. The molecule has 0 heterocycles. The van der Waals surface area contributed by atoms with Crippen LogP contribution in [0.15, 0.2) is 64.4 Å². The minimum Gasteiger partial charge on any atom is -0.375 e. The minimum atomic E-state index is -3.63. The second kappa shape index (κ2) is 6.62. The van der Waals surface area contributed by atoms with Crippen LogP contribution in [0.2, 0.25) is 0 Å². The summed E-state index contributed by atoms with van der Waals surface area (Å²) in [5, 5.41) is 2.90. The second-order valence-corrected chi connectivity index (χ2v) is 6.87. The third-order valence-electron chi connectivity index (χ3n) is 3.16. The summed E-state index contributed by atoms with van der Waals surface area (Å²) >= 11 is 0. The fraction of sp³-hybridized carbons (Fsp3) is 0.188. The third-order valence-corrected chi connectivity index (χ3v) is 4.99. The van der Waals surface area contributed by atoms with Crippen molar-refractivity contribution in [2.45, 2.75) is 9.79 Å². The van der Waals surface area contributed by atoms with Gasteiger partial charge in [-0.3, -0.25) is 4.79 Å². The Labute approximate surface area is 130 Å². The van der Waals surface area contributed by atoms with Crippen LogP contribution < -0.4 is 5.32 Å². The van der Waals surface area contributed by atoms with Gasteiger partial charge in [0.1, 0.15) is 0 Å². The van der Waals surface area contributed by atoms with Crippen molar-refractivity contribution in [2.24, 2.45) is 0 Å². The zero-order valence-corrected chi connectivity index (χ0v) is 13.3. The molecule has 2 aromatic rings. The number of amides is 1. The van der Waals surface area contributed by atoms with E-state index < -0.39 is 9.84 Å². The quantitative estimate of drug-likeness (QED) is 0.916. The van der Waals surface area contributed by atoms with Gasteiger partial charge in [0.2, 0.25) is 15.7 Å². The molecule has 0 saturated carbocycles. The molecule has 0 radical (unpaired) electrons. The molecule has 2 aromatic carbocycles. The van der Waals surface area contributed by atoms with Crippen LogP contribution in [0.3, 0.4) is 0 Å². The molecule has 0 aromatic heterocycles. The van der Waals surface area contributed by atoms with E-state index in [1.165, 1.54) is 11.0 Å². The van der Waals surface area contributed by atoms with Crippen molar-refractivity contribution in [3.8, 4) is 0 Å². The van der Waals surface area contributed by atoms with Gasteiger partial charge in [-0.25, -0.2) is 8.42 Å². The Bertz CT molecular complexity index is 756. The molecule has 0 aliphatic rings. The predicted octanol–water partition coefficient (Wildman–Crippen LogP) is 2.02. The number of nitrogens with one attached hydrogen (secondary N) is 1. The van der Waals surface area contributed by atoms with Crippen LogP contribution >= 0.6 is 0 Å². The largest absolute Gasteiger partial charge is 0.375 e. The van der Waals surface area contributed by atoms with E-state index >= 15 is 0 Å². The van der Waals surface area contributed by atoms with Crippen molar-refractivity contribution >= 4 is 21.4 Å². The lowest BCUT2D eigenvalue weighted by molar-refractivity contribution is -0.126. The first-order chi connectivity index (χ1) is 10.4. The van der Waals surface area contributed by atoms with Crippen molar-refractivity contribution in [3.63, 3.8) is 0 Å². The smallest absolute Gasteiger partial charge is 0.241 e. The predicted molar refractivity (Wildman–Crippen MR) is 85.5 cm³/mol. The fourth-order valence-electron chi connectivity index (χ4n) is 1.90. The average Bonchev–Trinajstić information content (AvgIpc) is 2.53. The van der Waals surface area contributed by atoms with Gasteiger partial charge < -0.3 is 10.2 Å². The molecular weight excluding hydrogens is 300 g/mol. The Kier molecular flexibility index (Phi) is 4.82. The summed E-state index contributed by atoms with van der Waals surface area (Å²) in [4.78, 5) is 13.5. The molecule has 1 amide bonds. The lowest BCUT2D eigenvalue weighted by Gasteiger charge is -2.14. The first kappa shape index (κ1) is 16.0. The number of carbonyl (C=O) groups excluding carboxylic acids is 1. The summed E-state index contributed by atoms with van der Waals surface area (Å²) in [6.45, 7) is 0.0360. The maximum absolute atomic E-state index is 12.7. The van der Waals surface area contributed by atoms with Gasteiger partial charge in [0.25, 0.3) is 0 Å². The van der Waals surface area contributed by atoms with Crippen molar-refractivity contribution in [3.05, 3.63) is 54.6 Å². The highest BCUT2D eigenvalue weighted by Crippen LogP contribution is 2.27. The zero-order chi connectivity index (χ0) is 16.2. The number of sulfone groups is 1. The number of anilines is 1. The summed E-state index contributed by atoms with van der Waals surface area (Å²) in [6.07, 6.45) is 0. The Balaban J connectivity index is 2.35. The number of likely N-dealkylation sites (N-methyl/N-ethyl adjacent to an activating group) is 1. The topological polar surface area (TPSA) is 66.5 Å². The number of rotatable bonds is 5. The number of para-hydroxylation sites is 1. The minimum absolute atomic E-state index is 0.0360. The molecule has 5 nitrogen and oxygen atoms in total. The van der Waals surface area contributed by atoms with Crippen LogP contribution in [0.4, 0.5) is 5.69 Å². The van der Waals surface area contributed by atoms with E-state index in [1.54, 1.807) is 62.6 Å². The standard InChI is InChI=1S/C16H18N2O3S/c1-18(2)16(19)12-17-14-10-6-7-11-15(14)22(20,21)13-8-4-3-5-9-13/h3-11,17H,12H2,1-2H3. The maximum atomic E-state index is 12.7. The highest BCUT2D eigenvalue weighted by molar-refractivity contribution is 7.91. The Morgan fingerprint density at radius 2 is 1.59 bits per heavy atom.